The Morgan fingerprint density at radius 3 is 2.80 bits per heavy atom. The lowest BCUT2D eigenvalue weighted by Crippen LogP contribution is -2.37. The lowest BCUT2D eigenvalue weighted by atomic mass is 10.0. The van der Waals surface area contributed by atoms with Gasteiger partial charge in [-0.25, -0.2) is 0 Å². The second kappa shape index (κ2) is 5.79. The molecule has 1 aliphatic heterocycles. The van der Waals surface area contributed by atoms with E-state index in [1.54, 1.807) is 0 Å². The maximum Gasteiger partial charge on any atom is 0.261 e. The van der Waals surface area contributed by atoms with Crippen molar-refractivity contribution < 1.29 is 0 Å². The number of nitrogens with two attached hydrogens (primary N) is 1. The van der Waals surface area contributed by atoms with E-state index in [0.29, 0.717) is 18.0 Å². The van der Waals surface area contributed by atoms with Crippen molar-refractivity contribution in [1.82, 2.24) is 9.47 Å². The number of hydrogen-bond donors (Lipinski definition) is 2. The van der Waals surface area contributed by atoms with E-state index >= 15 is 0 Å². The molecule has 0 bridgehead atoms. The van der Waals surface area contributed by atoms with Gasteiger partial charge < -0.3 is 15.2 Å². The van der Waals surface area contributed by atoms with Gasteiger partial charge in [-0.3, -0.25) is 10.2 Å². The predicted molar refractivity (Wildman–Crippen MR) is 81.2 cm³/mol. The summed E-state index contributed by atoms with van der Waals surface area (Å²) in [5, 5.41) is 7.61. The molecule has 0 fully saturated rings. The van der Waals surface area contributed by atoms with Crippen LogP contribution in [-0.4, -0.2) is 28.9 Å². The lowest BCUT2D eigenvalue weighted by Gasteiger charge is -2.28. The summed E-state index contributed by atoms with van der Waals surface area (Å²) in [6, 6.07) is 1.81. The first-order valence-electron chi connectivity index (χ1n) is 7.18. The van der Waals surface area contributed by atoms with Crippen LogP contribution in [0.3, 0.4) is 0 Å². The molecule has 0 saturated heterocycles. The summed E-state index contributed by atoms with van der Waals surface area (Å²) >= 11 is 0. The van der Waals surface area contributed by atoms with Crippen molar-refractivity contribution in [2.45, 2.75) is 39.8 Å². The lowest BCUT2D eigenvalue weighted by molar-refractivity contribution is 0.302. The number of amidine groups is 1. The summed E-state index contributed by atoms with van der Waals surface area (Å²) in [7, 11) is 2.07. The zero-order valence-corrected chi connectivity index (χ0v) is 12.6. The first-order chi connectivity index (χ1) is 9.40. The highest BCUT2D eigenvalue weighted by molar-refractivity contribution is 5.94. The van der Waals surface area contributed by atoms with Crippen LogP contribution in [0.1, 0.15) is 37.1 Å². The third-order valence-corrected chi connectivity index (χ3v) is 3.88. The van der Waals surface area contributed by atoms with E-state index in [-0.39, 0.29) is 11.4 Å². The van der Waals surface area contributed by atoms with Crippen LogP contribution in [0.15, 0.2) is 10.9 Å². The molecule has 20 heavy (non-hydrogen) atoms. The number of nitrogens with zero attached hydrogens (tertiary/aromatic N) is 2. The van der Waals surface area contributed by atoms with Crippen molar-refractivity contribution in [3.63, 3.8) is 0 Å². The monoisotopic (exact) mass is 276 g/mol. The Morgan fingerprint density at radius 1 is 1.50 bits per heavy atom. The predicted octanol–water partition coefficient (Wildman–Crippen LogP) is 1.17. The van der Waals surface area contributed by atoms with Crippen LogP contribution in [0.5, 0.6) is 0 Å². The fraction of sp³-hybridized carbons (Fsp3) is 0.600. The van der Waals surface area contributed by atoms with Crippen LogP contribution >= 0.6 is 0 Å². The fourth-order valence-corrected chi connectivity index (χ4v) is 2.68. The molecule has 0 saturated carbocycles. The number of aromatic nitrogens is 1. The summed E-state index contributed by atoms with van der Waals surface area (Å²) in [6.07, 6.45) is 1.85. The Labute approximate surface area is 119 Å². The third-order valence-electron chi connectivity index (χ3n) is 3.88. The Morgan fingerprint density at radius 2 is 2.20 bits per heavy atom. The van der Waals surface area contributed by atoms with Crippen LogP contribution in [0.4, 0.5) is 0 Å². The Kier molecular flexibility index (Phi) is 4.28. The largest absolute Gasteiger partial charge is 0.384 e. The minimum absolute atomic E-state index is 0.110. The molecule has 0 radical (unpaired) electrons. The van der Waals surface area contributed by atoms with Gasteiger partial charge in [0.25, 0.3) is 5.56 Å². The van der Waals surface area contributed by atoms with E-state index < -0.39 is 0 Å². The molecule has 110 valence electrons. The molecule has 5 nitrogen and oxygen atoms in total. The van der Waals surface area contributed by atoms with Gasteiger partial charge in [-0.05, 0) is 31.0 Å². The zero-order valence-electron chi connectivity index (χ0n) is 12.6. The van der Waals surface area contributed by atoms with Gasteiger partial charge in [-0.2, -0.15) is 0 Å². The third kappa shape index (κ3) is 2.93. The molecule has 2 rings (SSSR count). The molecule has 1 aliphatic rings. The molecule has 1 aromatic heterocycles. The molecule has 2 heterocycles. The minimum atomic E-state index is -0.135. The van der Waals surface area contributed by atoms with E-state index in [9.17, 15) is 4.79 Å². The van der Waals surface area contributed by atoms with E-state index in [0.717, 1.165) is 37.2 Å². The first kappa shape index (κ1) is 14.8. The number of likely N-dealkylation sites (N-methyl/N-ethyl adjacent to an activating group) is 1. The smallest absolute Gasteiger partial charge is 0.261 e. The van der Waals surface area contributed by atoms with Crippen LogP contribution in [0.2, 0.25) is 0 Å². The van der Waals surface area contributed by atoms with Crippen LogP contribution in [0, 0.1) is 11.3 Å². The molecule has 3 N–H and O–H groups in total. The van der Waals surface area contributed by atoms with Gasteiger partial charge in [0.15, 0.2) is 0 Å². The Hall–Kier alpha value is -1.62. The topological polar surface area (TPSA) is 75.1 Å². The van der Waals surface area contributed by atoms with Crippen molar-refractivity contribution in [2.24, 2.45) is 11.7 Å². The van der Waals surface area contributed by atoms with Gasteiger partial charge in [0.05, 0.1) is 5.56 Å². The van der Waals surface area contributed by atoms with Crippen LogP contribution in [0.25, 0.3) is 0 Å². The maximum atomic E-state index is 12.5. The second-order valence-corrected chi connectivity index (χ2v) is 6.07. The van der Waals surface area contributed by atoms with Gasteiger partial charge in [0, 0.05) is 31.7 Å². The molecule has 0 unspecified atom stereocenters. The molecule has 1 aromatic rings. The van der Waals surface area contributed by atoms with Gasteiger partial charge >= 0.3 is 0 Å². The van der Waals surface area contributed by atoms with Gasteiger partial charge in [0.2, 0.25) is 0 Å². The number of rotatable bonds is 4. The summed E-state index contributed by atoms with van der Waals surface area (Å²) in [6.45, 7) is 6.80. The summed E-state index contributed by atoms with van der Waals surface area (Å²) in [5.74, 6) is 0.411. The zero-order chi connectivity index (χ0) is 14.9. The molecule has 0 atom stereocenters. The first-order valence-corrected chi connectivity index (χ1v) is 7.18. The Balaban J connectivity index is 2.51. The fourth-order valence-electron chi connectivity index (χ4n) is 2.68. The molecular weight excluding hydrogens is 252 g/mol. The number of nitrogen functional groups attached to an aromatic ring is 1. The van der Waals surface area contributed by atoms with Crippen molar-refractivity contribution in [2.75, 3.05) is 13.6 Å². The SMILES string of the molecule is CC(C)CCn1c2c(cc(C(=N)N)c1=O)CN(C)CC2. The average molecular weight is 276 g/mol. The van der Waals surface area contributed by atoms with Crippen LogP contribution in [-0.2, 0) is 19.5 Å². The molecule has 0 amide bonds. The standard InChI is InChI=1S/C15H24N4O/c1-10(2)4-7-19-13-5-6-18(3)9-11(13)8-12(14(16)17)15(19)20/h8,10H,4-7,9H2,1-3H3,(H3,16,17). The summed E-state index contributed by atoms with van der Waals surface area (Å²) in [5.41, 5.74) is 8.05. The summed E-state index contributed by atoms with van der Waals surface area (Å²) < 4.78 is 1.85. The van der Waals surface area contributed by atoms with Gasteiger partial charge in [-0.1, -0.05) is 13.8 Å². The number of nitrogens with one attached hydrogen (secondary N) is 1. The molecule has 0 aromatic carbocycles. The van der Waals surface area contributed by atoms with Gasteiger partial charge in [-0.15, -0.1) is 0 Å². The molecule has 0 aliphatic carbocycles. The Bertz CT molecular complexity index is 574. The normalized spacial score (nSPS) is 15.4. The van der Waals surface area contributed by atoms with E-state index in [4.69, 9.17) is 11.1 Å². The van der Waals surface area contributed by atoms with E-state index in [1.807, 2.05) is 10.6 Å². The maximum absolute atomic E-state index is 12.5. The van der Waals surface area contributed by atoms with Crippen LogP contribution < -0.4 is 11.3 Å². The van der Waals surface area contributed by atoms with Crippen molar-refractivity contribution in [3.8, 4) is 0 Å². The second-order valence-electron chi connectivity index (χ2n) is 6.07. The molecular formula is C15H24N4O. The summed E-state index contributed by atoms with van der Waals surface area (Å²) in [4.78, 5) is 14.7. The quantitative estimate of drug-likeness (QED) is 0.640. The van der Waals surface area contributed by atoms with E-state index in [1.165, 1.54) is 0 Å². The number of pyridine rings is 1. The highest BCUT2D eigenvalue weighted by Crippen LogP contribution is 2.18. The van der Waals surface area contributed by atoms with Gasteiger partial charge in [0.1, 0.15) is 5.84 Å². The highest BCUT2D eigenvalue weighted by atomic mass is 16.1. The molecule has 0 spiro atoms. The van der Waals surface area contributed by atoms with Crippen molar-refractivity contribution >= 4 is 5.84 Å². The molecule has 5 heteroatoms. The van der Waals surface area contributed by atoms with Crippen molar-refractivity contribution in [3.05, 3.63) is 33.2 Å². The number of fused-ring (bicyclic) bond motifs is 1. The van der Waals surface area contributed by atoms with Crippen molar-refractivity contribution in [1.29, 1.82) is 5.41 Å². The number of hydrogen-bond acceptors (Lipinski definition) is 3. The van der Waals surface area contributed by atoms with E-state index in [2.05, 4.69) is 25.8 Å². The minimum Gasteiger partial charge on any atom is -0.384 e. The average Bonchev–Trinajstić information content (AvgIpc) is 2.36. The highest BCUT2D eigenvalue weighted by Gasteiger charge is 2.20.